The molecule has 3 N–H and O–H groups in total. The molecular weight excluding hydrogens is 140 g/mol. The molecule has 0 radical (unpaired) electrons. The number of hydrogen-bond acceptors (Lipinski definition) is 2. The molecule has 0 aromatic carbocycles. The largest absolute Gasteiger partial charge is 0.294 e. The Bertz CT molecular complexity index is 206. The Hall–Kier alpha value is -1.09. The van der Waals surface area contributed by atoms with Crippen molar-refractivity contribution in [2.75, 3.05) is 0 Å². The standard InChI is InChI=1S/C8H12N2O/c9-10-8(11)6-7-4-2-1-3-5-7/h1-2,4H,3,5-6,9H2,(H,10,11). The van der Waals surface area contributed by atoms with Crippen LogP contribution in [0.2, 0.25) is 0 Å². The molecule has 0 aromatic rings. The van der Waals surface area contributed by atoms with Gasteiger partial charge in [0.05, 0.1) is 0 Å². The summed E-state index contributed by atoms with van der Waals surface area (Å²) in [6.07, 6.45) is 8.47. The molecule has 0 heterocycles. The minimum absolute atomic E-state index is 0.119. The van der Waals surface area contributed by atoms with Crippen LogP contribution in [0.15, 0.2) is 23.8 Å². The van der Waals surface area contributed by atoms with Gasteiger partial charge < -0.3 is 0 Å². The Kier molecular flexibility index (Phi) is 2.86. The predicted octanol–water partition coefficient (Wildman–Crippen LogP) is 0.643. The number of carbonyl (C=O) groups excluding carboxylic acids is 1. The van der Waals surface area contributed by atoms with Gasteiger partial charge in [-0.25, -0.2) is 5.84 Å². The molecule has 0 spiro atoms. The number of nitrogens with two attached hydrogens (primary N) is 1. The average Bonchev–Trinajstić information content (AvgIpc) is 2.06. The third-order valence-electron chi connectivity index (χ3n) is 1.65. The lowest BCUT2D eigenvalue weighted by Gasteiger charge is -2.06. The minimum atomic E-state index is -0.119. The molecular formula is C8H12N2O. The monoisotopic (exact) mass is 152 g/mol. The minimum Gasteiger partial charge on any atom is -0.294 e. The molecule has 0 atom stereocenters. The first-order valence-corrected chi connectivity index (χ1v) is 3.67. The van der Waals surface area contributed by atoms with E-state index in [9.17, 15) is 4.79 Å². The van der Waals surface area contributed by atoms with Crippen molar-refractivity contribution in [3.8, 4) is 0 Å². The van der Waals surface area contributed by atoms with Gasteiger partial charge in [-0.3, -0.25) is 10.2 Å². The summed E-state index contributed by atoms with van der Waals surface area (Å²) in [6.45, 7) is 0. The van der Waals surface area contributed by atoms with Crippen molar-refractivity contribution in [3.05, 3.63) is 23.8 Å². The predicted molar refractivity (Wildman–Crippen MR) is 43.4 cm³/mol. The van der Waals surface area contributed by atoms with Crippen molar-refractivity contribution in [3.63, 3.8) is 0 Å². The number of amides is 1. The molecule has 0 bridgehead atoms. The number of carbonyl (C=O) groups is 1. The summed E-state index contributed by atoms with van der Waals surface area (Å²) in [5.74, 6) is 4.83. The highest BCUT2D eigenvalue weighted by Gasteiger charge is 2.04. The zero-order valence-electron chi connectivity index (χ0n) is 6.34. The van der Waals surface area contributed by atoms with Crippen LogP contribution in [-0.2, 0) is 4.79 Å². The molecule has 1 aliphatic carbocycles. The summed E-state index contributed by atoms with van der Waals surface area (Å²) >= 11 is 0. The van der Waals surface area contributed by atoms with E-state index in [2.05, 4.69) is 11.5 Å². The SMILES string of the molecule is NNC(=O)CC1=CC=CCC1. The summed E-state index contributed by atoms with van der Waals surface area (Å²) in [5.41, 5.74) is 3.26. The van der Waals surface area contributed by atoms with E-state index in [0.29, 0.717) is 6.42 Å². The molecule has 60 valence electrons. The molecule has 3 nitrogen and oxygen atoms in total. The van der Waals surface area contributed by atoms with Gasteiger partial charge >= 0.3 is 0 Å². The number of hydrazine groups is 1. The van der Waals surface area contributed by atoms with E-state index in [1.807, 2.05) is 12.2 Å². The second kappa shape index (κ2) is 3.93. The lowest BCUT2D eigenvalue weighted by Crippen LogP contribution is -2.30. The number of hydrogen-bond donors (Lipinski definition) is 2. The van der Waals surface area contributed by atoms with Gasteiger partial charge in [0, 0.05) is 6.42 Å². The van der Waals surface area contributed by atoms with Gasteiger partial charge in [-0.15, -0.1) is 0 Å². The van der Waals surface area contributed by atoms with Crippen molar-refractivity contribution in [2.45, 2.75) is 19.3 Å². The zero-order chi connectivity index (χ0) is 8.10. The first-order chi connectivity index (χ1) is 5.33. The number of nitrogens with one attached hydrogen (secondary N) is 1. The highest BCUT2D eigenvalue weighted by molar-refractivity contribution is 5.77. The zero-order valence-corrected chi connectivity index (χ0v) is 6.34. The third-order valence-corrected chi connectivity index (χ3v) is 1.65. The van der Waals surface area contributed by atoms with Crippen molar-refractivity contribution >= 4 is 5.91 Å². The van der Waals surface area contributed by atoms with E-state index in [1.54, 1.807) is 0 Å². The van der Waals surface area contributed by atoms with E-state index >= 15 is 0 Å². The fourth-order valence-electron chi connectivity index (χ4n) is 1.06. The van der Waals surface area contributed by atoms with Crippen LogP contribution < -0.4 is 11.3 Å². The Morgan fingerprint density at radius 3 is 3.09 bits per heavy atom. The molecule has 1 aliphatic rings. The van der Waals surface area contributed by atoms with E-state index in [0.717, 1.165) is 18.4 Å². The van der Waals surface area contributed by atoms with Crippen molar-refractivity contribution in [1.29, 1.82) is 0 Å². The summed E-state index contributed by atoms with van der Waals surface area (Å²) in [6, 6.07) is 0. The van der Waals surface area contributed by atoms with E-state index < -0.39 is 0 Å². The number of rotatable bonds is 2. The Balaban J connectivity index is 2.42. The van der Waals surface area contributed by atoms with Crippen LogP contribution in [0, 0.1) is 0 Å². The maximum atomic E-state index is 10.8. The molecule has 0 aromatic heterocycles. The quantitative estimate of drug-likeness (QED) is 0.346. The molecule has 0 aliphatic heterocycles. The summed E-state index contributed by atoms with van der Waals surface area (Å²) in [4.78, 5) is 10.8. The van der Waals surface area contributed by atoms with Crippen molar-refractivity contribution < 1.29 is 4.79 Å². The Labute approximate surface area is 65.9 Å². The average molecular weight is 152 g/mol. The highest BCUT2D eigenvalue weighted by atomic mass is 16.2. The fraction of sp³-hybridized carbons (Fsp3) is 0.375. The summed E-state index contributed by atoms with van der Waals surface area (Å²) < 4.78 is 0. The maximum Gasteiger partial charge on any atom is 0.237 e. The van der Waals surface area contributed by atoms with Crippen molar-refractivity contribution in [2.24, 2.45) is 5.84 Å². The Morgan fingerprint density at radius 2 is 2.55 bits per heavy atom. The van der Waals surface area contributed by atoms with Gasteiger partial charge in [-0.05, 0) is 12.8 Å². The van der Waals surface area contributed by atoms with Crippen molar-refractivity contribution in [1.82, 2.24) is 5.43 Å². The second-order valence-corrected chi connectivity index (χ2v) is 2.54. The molecule has 1 rings (SSSR count). The lowest BCUT2D eigenvalue weighted by atomic mass is 10.0. The Morgan fingerprint density at radius 1 is 1.73 bits per heavy atom. The van der Waals surface area contributed by atoms with E-state index in [-0.39, 0.29) is 5.91 Å². The van der Waals surface area contributed by atoms with E-state index in [1.165, 1.54) is 0 Å². The molecule has 0 saturated carbocycles. The normalized spacial score (nSPS) is 15.9. The topological polar surface area (TPSA) is 55.1 Å². The van der Waals surface area contributed by atoms with Gasteiger partial charge in [0.2, 0.25) is 5.91 Å². The smallest absolute Gasteiger partial charge is 0.237 e. The molecule has 0 unspecified atom stereocenters. The van der Waals surface area contributed by atoms with Crippen LogP contribution in [-0.4, -0.2) is 5.91 Å². The van der Waals surface area contributed by atoms with Gasteiger partial charge in [0.15, 0.2) is 0 Å². The molecule has 11 heavy (non-hydrogen) atoms. The van der Waals surface area contributed by atoms with Crippen LogP contribution in [0.4, 0.5) is 0 Å². The van der Waals surface area contributed by atoms with Gasteiger partial charge in [0.25, 0.3) is 0 Å². The van der Waals surface area contributed by atoms with E-state index in [4.69, 9.17) is 5.84 Å². The molecule has 1 amide bonds. The van der Waals surface area contributed by atoms with Crippen LogP contribution in [0.3, 0.4) is 0 Å². The van der Waals surface area contributed by atoms with Crippen LogP contribution in [0.5, 0.6) is 0 Å². The first kappa shape index (κ1) is 8.01. The highest BCUT2D eigenvalue weighted by Crippen LogP contribution is 2.14. The third kappa shape index (κ3) is 2.55. The van der Waals surface area contributed by atoms with Gasteiger partial charge in [-0.1, -0.05) is 23.8 Å². The van der Waals surface area contributed by atoms with Crippen LogP contribution in [0.1, 0.15) is 19.3 Å². The molecule has 0 saturated heterocycles. The van der Waals surface area contributed by atoms with Crippen LogP contribution in [0.25, 0.3) is 0 Å². The summed E-state index contributed by atoms with van der Waals surface area (Å²) in [7, 11) is 0. The molecule has 3 heteroatoms. The van der Waals surface area contributed by atoms with Gasteiger partial charge in [-0.2, -0.15) is 0 Å². The lowest BCUT2D eigenvalue weighted by molar-refractivity contribution is -0.120. The fourth-order valence-corrected chi connectivity index (χ4v) is 1.06. The first-order valence-electron chi connectivity index (χ1n) is 3.67. The maximum absolute atomic E-state index is 10.8. The second-order valence-electron chi connectivity index (χ2n) is 2.54. The summed E-state index contributed by atoms with van der Waals surface area (Å²) in [5, 5.41) is 0. The molecule has 0 fully saturated rings. The number of allylic oxidation sites excluding steroid dienone is 3. The van der Waals surface area contributed by atoms with Crippen LogP contribution >= 0.6 is 0 Å². The van der Waals surface area contributed by atoms with Gasteiger partial charge in [0.1, 0.15) is 0 Å².